The first kappa shape index (κ1) is 23.0. The van der Waals surface area contributed by atoms with E-state index in [0.29, 0.717) is 0 Å². The van der Waals surface area contributed by atoms with Crippen LogP contribution in [0.3, 0.4) is 0 Å². The maximum Gasteiger partial charge on any atom is 0.0181 e. The first-order valence-corrected chi connectivity index (χ1v) is 13.4. The van der Waals surface area contributed by atoms with Crippen LogP contribution in [-0.4, -0.2) is 0 Å². The van der Waals surface area contributed by atoms with E-state index in [-0.39, 0.29) is 5.41 Å². The van der Waals surface area contributed by atoms with Gasteiger partial charge >= 0.3 is 0 Å². The lowest BCUT2D eigenvalue weighted by Crippen LogP contribution is -2.14. The van der Waals surface area contributed by atoms with Gasteiger partial charge < -0.3 is 0 Å². The summed E-state index contributed by atoms with van der Waals surface area (Å²) >= 11 is 3.64. The average Bonchev–Trinajstić information content (AvgIpc) is 3.11. The molecule has 0 bridgehead atoms. The molecule has 1 heteroatoms. The van der Waals surface area contributed by atoms with Crippen molar-refractivity contribution >= 4 is 15.9 Å². The number of halogens is 1. The van der Waals surface area contributed by atoms with Crippen molar-refractivity contribution in [2.45, 2.75) is 32.6 Å². The van der Waals surface area contributed by atoms with E-state index < -0.39 is 0 Å². The van der Waals surface area contributed by atoms with E-state index in [9.17, 15) is 0 Å². The Balaban J connectivity index is 1.48. The number of hydrogen-bond donors (Lipinski definition) is 0. The summed E-state index contributed by atoms with van der Waals surface area (Å²) in [5, 5.41) is 0. The highest BCUT2D eigenvalue weighted by molar-refractivity contribution is 9.10. The summed E-state index contributed by atoms with van der Waals surface area (Å²) in [5.74, 6) is 0. The monoisotopic (exact) mass is 528 g/mol. The molecule has 1 aliphatic carbocycles. The summed E-state index contributed by atoms with van der Waals surface area (Å²) < 4.78 is 1.10. The highest BCUT2D eigenvalue weighted by Crippen LogP contribution is 2.48. The fraction of sp³-hybridized carbons (Fsp3) is 0.143. The molecule has 5 aromatic carbocycles. The molecule has 0 aliphatic heterocycles. The minimum absolute atomic E-state index is 0.0391. The van der Waals surface area contributed by atoms with Crippen LogP contribution in [0, 0.1) is 6.92 Å². The third-order valence-corrected chi connectivity index (χ3v) is 8.23. The molecule has 0 heterocycles. The zero-order chi connectivity index (χ0) is 24.9. The minimum atomic E-state index is 0.0391. The van der Waals surface area contributed by atoms with Gasteiger partial charge in [0, 0.05) is 9.89 Å². The van der Waals surface area contributed by atoms with Crippen molar-refractivity contribution in [2.24, 2.45) is 0 Å². The van der Waals surface area contributed by atoms with E-state index in [2.05, 4.69) is 146 Å². The molecule has 176 valence electrons. The Labute approximate surface area is 222 Å². The van der Waals surface area contributed by atoms with Gasteiger partial charge in [-0.15, -0.1) is 0 Å². The molecule has 5 aromatic rings. The minimum Gasteiger partial charge on any atom is -0.0620 e. The number of aryl methyl sites for hydroxylation is 1. The van der Waals surface area contributed by atoms with Crippen LogP contribution in [0.15, 0.2) is 114 Å². The molecule has 6 rings (SSSR count). The van der Waals surface area contributed by atoms with E-state index in [4.69, 9.17) is 0 Å². The molecule has 36 heavy (non-hydrogen) atoms. The van der Waals surface area contributed by atoms with Gasteiger partial charge in [-0.05, 0) is 86.7 Å². The van der Waals surface area contributed by atoms with Gasteiger partial charge in [-0.2, -0.15) is 0 Å². The number of hydrogen-bond acceptors (Lipinski definition) is 0. The van der Waals surface area contributed by atoms with Gasteiger partial charge in [0.1, 0.15) is 0 Å². The van der Waals surface area contributed by atoms with E-state index in [1.807, 2.05) is 0 Å². The van der Waals surface area contributed by atoms with E-state index in [1.54, 1.807) is 0 Å². The first-order valence-electron chi connectivity index (χ1n) is 12.6. The Bertz CT molecular complexity index is 1610. The van der Waals surface area contributed by atoms with Crippen molar-refractivity contribution in [1.82, 2.24) is 0 Å². The summed E-state index contributed by atoms with van der Waals surface area (Å²) in [6, 6.07) is 40.2. The Morgan fingerprint density at radius 1 is 0.583 bits per heavy atom. The molecule has 0 unspecified atom stereocenters. The van der Waals surface area contributed by atoms with Crippen molar-refractivity contribution in [3.8, 4) is 33.4 Å². The molecule has 0 amide bonds. The lowest BCUT2D eigenvalue weighted by atomic mass is 9.82. The van der Waals surface area contributed by atoms with Crippen LogP contribution in [-0.2, 0) is 11.8 Å². The Morgan fingerprint density at radius 2 is 1.31 bits per heavy atom. The molecule has 0 saturated carbocycles. The SMILES string of the molecule is Cc1ccccc1-c1ccc(-c2cccc(Br)c2)cc1Cc1ccc2c(c1)-c1ccccc1C2(C)C. The summed E-state index contributed by atoms with van der Waals surface area (Å²) in [6.45, 7) is 6.89. The molecule has 0 radical (unpaired) electrons. The second-order valence-corrected chi connectivity index (χ2v) is 11.3. The number of fused-ring (bicyclic) bond motifs is 3. The van der Waals surface area contributed by atoms with Gasteiger partial charge in [-0.25, -0.2) is 0 Å². The third kappa shape index (κ3) is 3.92. The number of benzene rings is 5. The van der Waals surface area contributed by atoms with Crippen molar-refractivity contribution in [1.29, 1.82) is 0 Å². The van der Waals surface area contributed by atoms with Crippen molar-refractivity contribution in [3.05, 3.63) is 141 Å². The Morgan fingerprint density at radius 3 is 2.11 bits per heavy atom. The lowest BCUT2D eigenvalue weighted by molar-refractivity contribution is 0.660. The quantitative estimate of drug-likeness (QED) is 0.217. The van der Waals surface area contributed by atoms with Crippen molar-refractivity contribution in [2.75, 3.05) is 0 Å². The molecule has 0 fully saturated rings. The van der Waals surface area contributed by atoms with Gasteiger partial charge in [0.2, 0.25) is 0 Å². The molecule has 0 atom stereocenters. The molecule has 0 aromatic heterocycles. The van der Waals surface area contributed by atoms with Gasteiger partial charge in [0.25, 0.3) is 0 Å². The fourth-order valence-corrected chi connectivity index (χ4v) is 6.22. The van der Waals surface area contributed by atoms with Crippen molar-refractivity contribution in [3.63, 3.8) is 0 Å². The van der Waals surface area contributed by atoms with E-state index in [0.717, 1.165) is 10.9 Å². The topological polar surface area (TPSA) is 0 Å². The second kappa shape index (κ2) is 8.91. The highest BCUT2D eigenvalue weighted by Gasteiger charge is 2.35. The Kier molecular flexibility index (Phi) is 5.69. The Hall–Kier alpha value is -3.42. The molecule has 0 spiro atoms. The molecular weight excluding hydrogens is 500 g/mol. The zero-order valence-electron chi connectivity index (χ0n) is 21.0. The van der Waals surface area contributed by atoms with Gasteiger partial charge in [-0.3, -0.25) is 0 Å². The smallest absolute Gasteiger partial charge is 0.0181 e. The standard InChI is InChI=1S/C35H29Br/c1-23-9-4-5-12-29(23)30-17-16-26(25-10-8-11-28(36)22-25)21-27(30)19-24-15-18-34-32(20-24)31-13-6-7-14-33(31)35(34,2)3/h4-18,20-22H,19H2,1-3H3. The zero-order valence-corrected chi connectivity index (χ0v) is 22.6. The predicted octanol–water partition coefficient (Wildman–Crippen LogP) is 9.99. The highest BCUT2D eigenvalue weighted by atomic mass is 79.9. The maximum atomic E-state index is 3.64. The first-order chi connectivity index (χ1) is 17.4. The average molecular weight is 530 g/mol. The second-order valence-electron chi connectivity index (χ2n) is 10.4. The normalized spacial score (nSPS) is 13.3. The van der Waals surface area contributed by atoms with Crippen LogP contribution in [0.5, 0.6) is 0 Å². The van der Waals surface area contributed by atoms with Crippen LogP contribution in [0.1, 0.15) is 41.7 Å². The van der Waals surface area contributed by atoms with Gasteiger partial charge in [0.05, 0.1) is 0 Å². The van der Waals surface area contributed by atoms with Crippen LogP contribution >= 0.6 is 15.9 Å². The van der Waals surface area contributed by atoms with Crippen LogP contribution in [0.4, 0.5) is 0 Å². The van der Waals surface area contributed by atoms with Crippen LogP contribution in [0.2, 0.25) is 0 Å². The largest absolute Gasteiger partial charge is 0.0620 e. The predicted molar refractivity (Wildman–Crippen MR) is 157 cm³/mol. The molecule has 0 saturated heterocycles. The van der Waals surface area contributed by atoms with Gasteiger partial charge in [0.15, 0.2) is 0 Å². The lowest BCUT2D eigenvalue weighted by Gasteiger charge is -2.21. The van der Waals surface area contributed by atoms with Crippen LogP contribution < -0.4 is 0 Å². The number of rotatable bonds is 4. The fourth-order valence-electron chi connectivity index (χ4n) is 5.82. The van der Waals surface area contributed by atoms with E-state index >= 15 is 0 Å². The van der Waals surface area contributed by atoms with Crippen molar-refractivity contribution < 1.29 is 0 Å². The molecule has 1 aliphatic rings. The van der Waals surface area contributed by atoms with E-state index in [1.165, 1.54) is 61.2 Å². The summed E-state index contributed by atoms with van der Waals surface area (Å²) in [5.41, 5.74) is 14.8. The summed E-state index contributed by atoms with van der Waals surface area (Å²) in [4.78, 5) is 0. The molecule has 0 nitrogen and oxygen atoms in total. The summed E-state index contributed by atoms with van der Waals surface area (Å²) in [7, 11) is 0. The van der Waals surface area contributed by atoms with Gasteiger partial charge in [-0.1, -0.05) is 127 Å². The van der Waals surface area contributed by atoms with Crippen LogP contribution in [0.25, 0.3) is 33.4 Å². The maximum absolute atomic E-state index is 3.64. The summed E-state index contributed by atoms with van der Waals surface area (Å²) in [6.07, 6.45) is 0.890. The third-order valence-electron chi connectivity index (χ3n) is 7.74. The molecule has 0 N–H and O–H groups in total. The molecular formula is C35H29Br.